The fourth-order valence-corrected chi connectivity index (χ4v) is 4.35. The number of carbonyl (C=O) groups excluding carboxylic acids is 2. The van der Waals surface area contributed by atoms with Gasteiger partial charge in [0.05, 0.1) is 10.6 Å². The van der Waals surface area contributed by atoms with E-state index in [1.54, 1.807) is 24.3 Å². The summed E-state index contributed by atoms with van der Waals surface area (Å²) in [6.07, 6.45) is 3.17. The molecule has 5 nitrogen and oxygen atoms in total. The maximum Gasteiger partial charge on any atom is 0.261 e. The van der Waals surface area contributed by atoms with E-state index in [-0.39, 0.29) is 11.8 Å². The number of aryl methyl sites for hydroxylation is 1. The van der Waals surface area contributed by atoms with E-state index in [2.05, 4.69) is 22.5 Å². The Bertz CT molecular complexity index is 709. The van der Waals surface area contributed by atoms with Crippen molar-refractivity contribution in [1.29, 1.82) is 0 Å². The van der Waals surface area contributed by atoms with Gasteiger partial charge in [-0.3, -0.25) is 9.59 Å². The minimum atomic E-state index is -0.607. The summed E-state index contributed by atoms with van der Waals surface area (Å²) in [5, 5.41) is 7.99. The summed E-state index contributed by atoms with van der Waals surface area (Å²) >= 11 is 2.90. The van der Waals surface area contributed by atoms with E-state index in [0.717, 1.165) is 25.0 Å². The van der Waals surface area contributed by atoms with Crippen molar-refractivity contribution in [1.82, 2.24) is 10.3 Å². The number of anilines is 1. The van der Waals surface area contributed by atoms with E-state index >= 15 is 0 Å². The molecule has 2 amide bonds. The molecule has 2 atom stereocenters. The van der Waals surface area contributed by atoms with Crippen LogP contribution in [0.2, 0.25) is 0 Å². The zero-order valence-corrected chi connectivity index (χ0v) is 14.7. The average molecular weight is 349 g/mol. The van der Waals surface area contributed by atoms with Crippen molar-refractivity contribution in [2.24, 2.45) is 5.92 Å². The lowest BCUT2D eigenvalue weighted by Gasteiger charge is -2.15. The molecule has 0 unspecified atom stereocenters. The van der Waals surface area contributed by atoms with Gasteiger partial charge in [-0.2, -0.15) is 0 Å². The number of nitrogens with zero attached hydrogens (tertiary/aromatic N) is 1. The van der Waals surface area contributed by atoms with Gasteiger partial charge in [0.1, 0.15) is 6.04 Å². The second-order valence-corrected chi connectivity index (χ2v) is 7.93. The van der Waals surface area contributed by atoms with Crippen molar-refractivity contribution in [3.63, 3.8) is 0 Å². The van der Waals surface area contributed by atoms with E-state index < -0.39 is 6.04 Å². The van der Waals surface area contributed by atoms with Gasteiger partial charge in [0.15, 0.2) is 5.13 Å². The molecule has 2 aromatic rings. The molecule has 0 aliphatic heterocycles. The molecule has 7 heteroatoms. The highest BCUT2D eigenvalue weighted by Crippen LogP contribution is 2.32. The van der Waals surface area contributed by atoms with Crippen LogP contribution in [-0.2, 0) is 17.6 Å². The summed E-state index contributed by atoms with van der Waals surface area (Å²) in [5.41, 5.74) is 1.11. The molecule has 3 rings (SSSR count). The topological polar surface area (TPSA) is 71.1 Å². The number of carbonyl (C=O) groups is 2. The Morgan fingerprint density at radius 3 is 3.00 bits per heavy atom. The number of nitrogens with one attached hydrogen (secondary N) is 2. The summed E-state index contributed by atoms with van der Waals surface area (Å²) in [6.45, 7) is 3.92. The smallest absolute Gasteiger partial charge is 0.261 e. The van der Waals surface area contributed by atoms with E-state index in [0.29, 0.717) is 15.9 Å². The molecule has 0 fully saturated rings. The first-order valence-corrected chi connectivity index (χ1v) is 9.36. The molecule has 0 bridgehead atoms. The van der Waals surface area contributed by atoms with Crippen LogP contribution >= 0.6 is 22.7 Å². The normalized spacial score (nSPS) is 18.1. The monoisotopic (exact) mass is 349 g/mol. The standard InChI is InChI=1S/C16H19N3O2S2/c1-9-5-6-11-13(8-9)23-16(18-11)19-14(20)10(2)17-15(21)12-4-3-7-22-12/h3-4,7,9-10H,5-6,8H2,1-2H3,(H,17,21)(H,18,19,20)/t9-,10-/m0/s1. The molecule has 0 spiro atoms. The van der Waals surface area contributed by atoms with Gasteiger partial charge < -0.3 is 10.6 Å². The third kappa shape index (κ3) is 3.79. The molecule has 122 valence electrons. The number of amides is 2. The molecule has 23 heavy (non-hydrogen) atoms. The number of thiazole rings is 1. The van der Waals surface area contributed by atoms with Crippen molar-refractivity contribution in [3.8, 4) is 0 Å². The summed E-state index contributed by atoms with van der Waals surface area (Å²) in [4.78, 5) is 30.6. The Kier molecular flexibility index (Phi) is 4.77. The summed E-state index contributed by atoms with van der Waals surface area (Å²) in [5.74, 6) is 0.208. The van der Waals surface area contributed by atoms with E-state index in [1.807, 2.05) is 11.4 Å². The van der Waals surface area contributed by atoms with Gasteiger partial charge in [0, 0.05) is 4.88 Å². The molecular formula is C16H19N3O2S2. The van der Waals surface area contributed by atoms with Gasteiger partial charge in [-0.05, 0) is 43.6 Å². The number of aromatic nitrogens is 1. The lowest BCUT2D eigenvalue weighted by molar-refractivity contribution is -0.117. The van der Waals surface area contributed by atoms with Crippen LogP contribution < -0.4 is 10.6 Å². The lowest BCUT2D eigenvalue weighted by Crippen LogP contribution is -2.41. The van der Waals surface area contributed by atoms with Crippen LogP contribution in [0, 0.1) is 5.92 Å². The van der Waals surface area contributed by atoms with Crippen LogP contribution in [0.3, 0.4) is 0 Å². The predicted molar refractivity (Wildman–Crippen MR) is 93.2 cm³/mol. The summed E-state index contributed by atoms with van der Waals surface area (Å²) in [6, 6.07) is 2.94. The third-order valence-electron chi connectivity index (χ3n) is 3.90. The summed E-state index contributed by atoms with van der Waals surface area (Å²) in [7, 11) is 0. The fourth-order valence-electron chi connectivity index (χ4n) is 2.55. The predicted octanol–water partition coefficient (Wildman–Crippen LogP) is 3.09. The van der Waals surface area contributed by atoms with E-state index in [4.69, 9.17) is 0 Å². The number of rotatable bonds is 4. The molecule has 0 saturated carbocycles. The van der Waals surface area contributed by atoms with Gasteiger partial charge in [0.25, 0.3) is 5.91 Å². The molecule has 0 aromatic carbocycles. The molecule has 0 radical (unpaired) electrons. The number of fused-ring (bicyclic) bond motifs is 1. The molecule has 1 aliphatic carbocycles. The van der Waals surface area contributed by atoms with Crippen LogP contribution in [0.5, 0.6) is 0 Å². The van der Waals surface area contributed by atoms with Crippen molar-refractivity contribution in [3.05, 3.63) is 33.0 Å². The second kappa shape index (κ2) is 6.80. The zero-order valence-electron chi connectivity index (χ0n) is 13.1. The van der Waals surface area contributed by atoms with Gasteiger partial charge >= 0.3 is 0 Å². The van der Waals surface area contributed by atoms with Crippen LogP contribution in [0.1, 0.15) is 40.5 Å². The van der Waals surface area contributed by atoms with Crippen LogP contribution in [-0.4, -0.2) is 22.8 Å². The Morgan fingerprint density at radius 1 is 1.43 bits per heavy atom. The Labute approximate surface area is 143 Å². The van der Waals surface area contributed by atoms with Crippen LogP contribution in [0.15, 0.2) is 17.5 Å². The quantitative estimate of drug-likeness (QED) is 0.891. The highest BCUT2D eigenvalue weighted by molar-refractivity contribution is 7.15. The first kappa shape index (κ1) is 16.1. The largest absolute Gasteiger partial charge is 0.340 e. The van der Waals surface area contributed by atoms with Crippen molar-refractivity contribution in [2.45, 2.75) is 39.2 Å². The minimum Gasteiger partial charge on any atom is -0.340 e. The van der Waals surface area contributed by atoms with Crippen LogP contribution in [0.25, 0.3) is 0 Å². The van der Waals surface area contributed by atoms with Crippen molar-refractivity contribution in [2.75, 3.05) is 5.32 Å². The number of hydrogen-bond donors (Lipinski definition) is 2. The fraction of sp³-hybridized carbons (Fsp3) is 0.438. The molecular weight excluding hydrogens is 330 g/mol. The van der Waals surface area contributed by atoms with Crippen molar-refractivity contribution < 1.29 is 9.59 Å². The van der Waals surface area contributed by atoms with Gasteiger partial charge in [0.2, 0.25) is 5.91 Å². The Balaban J connectivity index is 1.59. The number of thiophene rings is 1. The lowest BCUT2D eigenvalue weighted by atomic mass is 9.93. The van der Waals surface area contributed by atoms with Gasteiger partial charge in [-0.1, -0.05) is 13.0 Å². The average Bonchev–Trinajstić information content (AvgIpc) is 3.15. The van der Waals surface area contributed by atoms with E-state index in [9.17, 15) is 9.59 Å². The summed E-state index contributed by atoms with van der Waals surface area (Å²) < 4.78 is 0. The minimum absolute atomic E-state index is 0.227. The highest BCUT2D eigenvalue weighted by Gasteiger charge is 2.22. The third-order valence-corrected chi connectivity index (χ3v) is 5.81. The maximum atomic E-state index is 12.2. The first-order valence-electron chi connectivity index (χ1n) is 7.66. The highest BCUT2D eigenvalue weighted by atomic mass is 32.1. The molecule has 2 heterocycles. The Hall–Kier alpha value is -1.73. The SMILES string of the molecule is C[C@H]1CCc2nc(NC(=O)[C@H](C)NC(=O)c3cccs3)sc2C1. The van der Waals surface area contributed by atoms with E-state index in [1.165, 1.54) is 16.2 Å². The molecule has 2 N–H and O–H groups in total. The Morgan fingerprint density at radius 2 is 2.26 bits per heavy atom. The first-order chi connectivity index (χ1) is 11.0. The molecule has 1 aliphatic rings. The molecule has 2 aromatic heterocycles. The zero-order chi connectivity index (χ0) is 16.4. The van der Waals surface area contributed by atoms with Gasteiger partial charge in [-0.15, -0.1) is 22.7 Å². The van der Waals surface area contributed by atoms with Crippen molar-refractivity contribution >= 4 is 39.6 Å². The maximum absolute atomic E-state index is 12.2. The second-order valence-electron chi connectivity index (χ2n) is 5.90. The van der Waals surface area contributed by atoms with Crippen LogP contribution in [0.4, 0.5) is 5.13 Å². The van der Waals surface area contributed by atoms with Gasteiger partial charge in [-0.25, -0.2) is 4.98 Å². The molecule has 0 saturated heterocycles. The number of hydrogen-bond acceptors (Lipinski definition) is 5.